The molecule has 0 aliphatic carbocycles. The number of benzene rings is 2. The Morgan fingerprint density at radius 2 is 1.40 bits per heavy atom. The van der Waals surface area contributed by atoms with Crippen LogP contribution in [0.4, 0.5) is 0 Å². The molecule has 0 saturated carbocycles. The van der Waals surface area contributed by atoms with Gasteiger partial charge < -0.3 is 10.2 Å². The minimum atomic E-state index is -1.18. The predicted octanol–water partition coefficient (Wildman–Crippen LogP) is 3.35. The van der Waals surface area contributed by atoms with Crippen molar-refractivity contribution < 1.29 is 10.2 Å². The van der Waals surface area contributed by atoms with Gasteiger partial charge >= 0.3 is 0 Å². The maximum Gasteiger partial charge on any atom is 0.108 e. The minimum absolute atomic E-state index is 0.0575. The molecule has 2 heteroatoms. The molecule has 20 heavy (non-hydrogen) atoms. The summed E-state index contributed by atoms with van der Waals surface area (Å²) >= 11 is 0. The van der Waals surface area contributed by atoms with Crippen molar-refractivity contribution in [2.24, 2.45) is 5.92 Å². The fraction of sp³-hybridized carbons (Fsp3) is 0.333. The Balaban J connectivity index is 2.30. The van der Waals surface area contributed by atoms with E-state index in [2.05, 4.69) is 0 Å². The molecule has 0 radical (unpaired) electrons. The van der Waals surface area contributed by atoms with Crippen LogP contribution < -0.4 is 0 Å². The lowest BCUT2D eigenvalue weighted by Crippen LogP contribution is -2.43. The van der Waals surface area contributed by atoms with Gasteiger partial charge in [-0.15, -0.1) is 0 Å². The van der Waals surface area contributed by atoms with Crippen LogP contribution in [-0.2, 0) is 6.42 Å². The Morgan fingerprint density at radius 1 is 0.900 bits per heavy atom. The maximum atomic E-state index is 11.0. The normalized spacial score (nSPS) is 15.8. The van der Waals surface area contributed by atoms with E-state index >= 15 is 0 Å². The molecule has 0 amide bonds. The summed E-state index contributed by atoms with van der Waals surface area (Å²) in [6.07, 6.45) is -0.467. The lowest BCUT2D eigenvalue weighted by Gasteiger charge is -2.37. The van der Waals surface area contributed by atoms with Gasteiger partial charge in [0, 0.05) is 6.42 Å². The highest BCUT2D eigenvalue weighted by molar-refractivity contribution is 5.24. The van der Waals surface area contributed by atoms with Crippen molar-refractivity contribution in [3.8, 4) is 0 Å². The van der Waals surface area contributed by atoms with Gasteiger partial charge in [-0.2, -0.15) is 0 Å². The molecule has 2 N–H and O–H groups in total. The van der Waals surface area contributed by atoms with Crippen molar-refractivity contribution in [1.82, 2.24) is 0 Å². The number of rotatable bonds is 5. The zero-order chi connectivity index (χ0) is 14.6. The van der Waals surface area contributed by atoms with Gasteiger partial charge in [0.1, 0.15) is 11.7 Å². The monoisotopic (exact) mass is 270 g/mol. The third kappa shape index (κ3) is 3.09. The van der Waals surface area contributed by atoms with Crippen molar-refractivity contribution in [3.63, 3.8) is 0 Å². The highest BCUT2D eigenvalue weighted by Gasteiger charge is 2.39. The Morgan fingerprint density at radius 3 is 1.90 bits per heavy atom. The molecular formula is C18H22O2. The summed E-state index contributed by atoms with van der Waals surface area (Å²) in [4.78, 5) is 0. The molecule has 2 aromatic rings. The zero-order valence-corrected chi connectivity index (χ0v) is 12.0. The zero-order valence-electron chi connectivity index (χ0n) is 12.0. The molecule has 0 heterocycles. The van der Waals surface area contributed by atoms with Gasteiger partial charge in [-0.1, -0.05) is 74.5 Å². The first-order chi connectivity index (χ1) is 9.54. The molecule has 106 valence electrons. The lowest BCUT2D eigenvalue weighted by atomic mass is 9.77. The van der Waals surface area contributed by atoms with E-state index in [-0.39, 0.29) is 5.92 Å². The largest absolute Gasteiger partial charge is 0.386 e. The SMILES string of the molecule is CC(C)[C@@](O)(Cc1ccccc1)[C@H](O)c1ccccc1. The Bertz CT molecular complexity index is 522. The number of aliphatic hydroxyl groups excluding tert-OH is 1. The van der Waals surface area contributed by atoms with E-state index in [1.807, 2.05) is 74.5 Å². The van der Waals surface area contributed by atoms with E-state index in [0.29, 0.717) is 6.42 Å². The first-order valence-electron chi connectivity index (χ1n) is 7.03. The van der Waals surface area contributed by atoms with Crippen LogP contribution in [0.25, 0.3) is 0 Å². The standard InChI is InChI=1S/C18H22O2/c1-14(2)18(20,13-15-9-5-3-6-10-15)17(19)16-11-7-4-8-12-16/h3-12,14,17,19-20H,13H2,1-2H3/t17-,18+/m1/s1. The predicted molar refractivity (Wildman–Crippen MR) is 81.3 cm³/mol. The van der Waals surface area contributed by atoms with Crippen molar-refractivity contribution in [2.45, 2.75) is 32.0 Å². The van der Waals surface area contributed by atoms with Crippen molar-refractivity contribution >= 4 is 0 Å². The Labute approximate surface area is 120 Å². The highest BCUT2D eigenvalue weighted by atomic mass is 16.3. The van der Waals surface area contributed by atoms with Gasteiger partial charge in [-0.3, -0.25) is 0 Å². The fourth-order valence-electron chi connectivity index (χ4n) is 2.46. The Hall–Kier alpha value is -1.64. The molecule has 0 aliphatic heterocycles. The fourth-order valence-corrected chi connectivity index (χ4v) is 2.46. The van der Waals surface area contributed by atoms with Crippen LogP contribution in [0, 0.1) is 5.92 Å². The van der Waals surface area contributed by atoms with Crippen molar-refractivity contribution in [3.05, 3.63) is 71.8 Å². The van der Waals surface area contributed by atoms with E-state index in [9.17, 15) is 10.2 Å². The summed E-state index contributed by atoms with van der Waals surface area (Å²) in [5, 5.41) is 21.6. The third-order valence-electron chi connectivity index (χ3n) is 3.92. The summed E-state index contributed by atoms with van der Waals surface area (Å²) in [6.45, 7) is 3.88. The lowest BCUT2D eigenvalue weighted by molar-refractivity contribution is -0.107. The van der Waals surface area contributed by atoms with Crippen LogP contribution in [0.2, 0.25) is 0 Å². The molecule has 2 atom stereocenters. The van der Waals surface area contributed by atoms with Crippen molar-refractivity contribution in [2.75, 3.05) is 0 Å². The molecule has 2 aromatic carbocycles. The highest BCUT2D eigenvalue weighted by Crippen LogP contribution is 2.35. The first-order valence-corrected chi connectivity index (χ1v) is 7.03. The van der Waals surface area contributed by atoms with Crippen LogP contribution in [0.3, 0.4) is 0 Å². The quantitative estimate of drug-likeness (QED) is 0.874. The summed E-state index contributed by atoms with van der Waals surface area (Å²) in [7, 11) is 0. The van der Waals surface area contributed by atoms with Crippen LogP contribution in [0.5, 0.6) is 0 Å². The smallest absolute Gasteiger partial charge is 0.108 e. The number of hydrogen-bond acceptors (Lipinski definition) is 2. The van der Waals surface area contributed by atoms with Gasteiger partial charge in [0.2, 0.25) is 0 Å². The summed E-state index contributed by atoms with van der Waals surface area (Å²) in [5.41, 5.74) is 0.598. The average Bonchev–Trinajstić information content (AvgIpc) is 2.48. The van der Waals surface area contributed by atoms with Crippen LogP contribution in [0.15, 0.2) is 60.7 Å². The van der Waals surface area contributed by atoms with Gasteiger partial charge in [-0.25, -0.2) is 0 Å². The molecule has 0 spiro atoms. The third-order valence-corrected chi connectivity index (χ3v) is 3.92. The molecule has 0 saturated heterocycles. The molecular weight excluding hydrogens is 248 g/mol. The molecule has 2 nitrogen and oxygen atoms in total. The minimum Gasteiger partial charge on any atom is -0.386 e. The van der Waals surface area contributed by atoms with Gasteiger partial charge in [-0.05, 0) is 17.0 Å². The van der Waals surface area contributed by atoms with E-state index in [0.717, 1.165) is 11.1 Å². The molecule has 0 aromatic heterocycles. The summed E-state index contributed by atoms with van der Waals surface area (Å²) < 4.78 is 0. The van der Waals surface area contributed by atoms with Gasteiger partial charge in [0.05, 0.1) is 0 Å². The topological polar surface area (TPSA) is 40.5 Å². The number of hydrogen-bond donors (Lipinski definition) is 2. The number of aliphatic hydroxyl groups is 2. The average molecular weight is 270 g/mol. The van der Waals surface area contributed by atoms with Crippen LogP contribution >= 0.6 is 0 Å². The Kier molecular flexibility index (Phi) is 4.58. The summed E-state index contributed by atoms with van der Waals surface area (Å²) in [5.74, 6) is -0.0575. The first kappa shape index (κ1) is 14.8. The van der Waals surface area contributed by atoms with E-state index in [4.69, 9.17) is 0 Å². The second kappa shape index (κ2) is 6.21. The van der Waals surface area contributed by atoms with Crippen LogP contribution in [-0.4, -0.2) is 15.8 Å². The molecule has 0 fully saturated rings. The summed E-state index contributed by atoms with van der Waals surface area (Å²) in [6, 6.07) is 19.2. The van der Waals surface area contributed by atoms with E-state index < -0.39 is 11.7 Å². The van der Waals surface area contributed by atoms with Crippen LogP contribution in [0.1, 0.15) is 31.1 Å². The molecule has 2 rings (SSSR count). The van der Waals surface area contributed by atoms with E-state index in [1.54, 1.807) is 0 Å². The maximum absolute atomic E-state index is 11.0. The van der Waals surface area contributed by atoms with Crippen molar-refractivity contribution in [1.29, 1.82) is 0 Å². The van der Waals surface area contributed by atoms with E-state index in [1.165, 1.54) is 0 Å². The second-order valence-corrected chi connectivity index (χ2v) is 5.62. The van der Waals surface area contributed by atoms with Gasteiger partial charge in [0.15, 0.2) is 0 Å². The second-order valence-electron chi connectivity index (χ2n) is 5.62. The molecule has 0 bridgehead atoms. The van der Waals surface area contributed by atoms with Gasteiger partial charge in [0.25, 0.3) is 0 Å². The molecule has 0 aliphatic rings. The molecule has 0 unspecified atom stereocenters.